The molecular weight excluding hydrogens is 330 g/mol. The predicted octanol–water partition coefficient (Wildman–Crippen LogP) is 2.78. The molecule has 0 radical (unpaired) electrons. The summed E-state index contributed by atoms with van der Waals surface area (Å²) in [7, 11) is 3.61. The van der Waals surface area contributed by atoms with E-state index in [1.54, 1.807) is 7.11 Å². The van der Waals surface area contributed by atoms with Crippen molar-refractivity contribution in [3.8, 4) is 17.1 Å². The molecule has 3 heterocycles. The van der Waals surface area contributed by atoms with Crippen molar-refractivity contribution < 1.29 is 9.26 Å². The molecule has 1 aliphatic rings. The molecule has 7 nitrogen and oxygen atoms in total. The van der Waals surface area contributed by atoms with Gasteiger partial charge in [0.05, 0.1) is 18.7 Å². The highest BCUT2D eigenvalue weighted by atomic mass is 16.5. The van der Waals surface area contributed by atoms with Crippen LogP contribution < -0.4 is 4.74 Å². The van der Waals surface area contributed by atoms with Gasteiger partial charge in [-0.2, -0.15) is 10.1 Å². The molecule has 0 amide bonds. The van der Waals surface area contributed by atoms with Crippen LogP contribution in [0.4, 0.5) is 0 Å². The summed E-state index contributed by atoms with van der Waals surface area (Å²) in [5.74, 6) is 2.39. The smallest absolute Gasteiger partial charge is 0.231 e. The largest absolute Gasteiger partial charge is 0.497 e. The maximum Gasteiger partial charge on any atom is 0.231 e. The Balaban J connectivity index is 1.44. The first-order valence-electron chi connectivity index (χ1n) is 8.82. The second-order valence-electron chi connectivity index (χ2n) is 6.82. The molecular formula is C19H23N5O2. The van der Waals surface area contributed by atoms with E-state index in [-0.39, 0.29) is 5.92 Å². The van der Waals surface area contributed by atoms with Gasteiger partial charge in [0.2, 0.25) is 11.7 Å². The third-order valence-corrected chi connectivity index (χ3v) is 4.90. The molecule has 0 aliphatic carbocycles. The third-order valence-electron chi connectivity index (χ3n) is 4.90. The second kappa shape index (κ2) is 6.92. The number of likely N-dealkylation sites (tertiary alicyclic amines) is 1. The number of ether oxygens (including phenoxy) is 1. The van der Waals surface area contributed by atoms with Crippen molar-refractivity contribution in [1.82, 2.24) is 24.8 Å². The SMILES string of the molecule is COc1cccc(-c2noc([C@@H]3CCN(Cc4cn(C)nc4C)C3)n2)c1. The molecule has 0 saturated carbocycles. The summed E-state index contributed by atoms with van der Waals surface area (Å²) < 4.78 is 12.7. The van der Waals surface area contributed by atoms with E-state index >= 15 is 0 Å². The Morgan fingerprint density at radius 3 is 3.00 bits per heavy atom. The fourth-order valence-electron chi connectivity index (χ4n) is 3.50. The molecule has 4 rings (SSSR count). The molecule has 0 unspecified atom stereocenters. The molecule has 2 aromatic heterocycles. The quantitative estimate of drug-likeness (QED) is 0.702. The Labute approximate surface area is 152 Å². The lowest BCUT2D eigenvalue weighted by Crippen LogP contribution is -2.20. The predicted molar refractivity (Wildman–Crippen MR) is 96.9 cm³/mol. The minimum atomic E-state index is 0.277. The Morgan fingerprint density at radius 2 is 2.23 bits per heavy atom. The first-order chi connectivity index (χ1) is 12.6. The average molecular weight is 353 g/mol. The first kappa shape index (κ1) is 16.8. The molecule has 136 valence electrons. The zero-order valence-corrected chi connectivity index (χ0v) is 15.3. The van der Waals surface area contributed by atoms with Crippen molar-refractivity contribution in [2.24, 2.45) is 7.05 Å². The van der Waals surface area contributed by atoms with E-state index in [9.17, 15) is 0 Å². The van der Waals surface area contributed by atoms with E-state index in [1.807, 2.05) is 36.0 Å². The van der Waals surface area contributed by atoms with Crippen molar-refractivity contribution >= 4 is 0 Å². The highest BCUT2D eigenvalue weighted by Gasteiger charge is 2.29. The summed E-state index contributed by atoms with van der Waals surface area (Å²) >= 11 is 0. The number of nitrogens with zero attached hydrogens (tertiary/aromatic N) is 5. The molecule has 1 aromatic carbocycles. The van der Waals surface area contributed by atoms with Gasteiger partial charge in [0.25, 0.3) is 0 Å². The molecule has 1 aliphatic heterocycles. The van der Waals surface area contributed by atoms with Crippen LogP contribution in [-0.4, -0.2) is 45.0 Å². The Kier molecular flexibility index (Phi) is 4.46. The van der Waals surface area contributed by atoms with E-state index in [4.69, 9.17) is 9.26 Å². The maximum atomic E-state index is 5.56. The van der Waals surface area contributed by atoms with E-state index in [0.717, 1.165) is 43.1 Å². The number of aryl methyl sites for hydroxylation is 2. The molecule has 1 atom stereocenters. The van der Waals surface area contributed by atoms with Crippen LogP contribution in [0.1, 0.15) is 29.5 Å². The highest BCUT2D eigenvalue weighted by molar-refractivity contribution is 5.56. The van der Waals surface area contributed by atoms with Crippen LogP contribution in [0.5, 0.6) is 5.75 Å². The number of rotatable bonds is 5. The second-order valence-corrected chi connectivity index (χ2v) is 6.82. The molecule has 0 bridgehead atoms. The summed E-state index contributed by atoms with van der Waals surface area (Å²) in [5, 5.41) is 8.58. The zero-order chi connectivity index (χ0) is 18.1. The minimum absolute atomic E-state index is 0.277. The van der Waals surface area contributed by atoms with Crippen LogP contribution in [0.3, 0.4) is 0 Å². The number of methoxy groups -OCH3 is 1. The normalized spacial score (nSPS) is 17.7. The summed E-state index contributed by atoms with van der Waals surface area (Å²) in [6, 6.07) is 7.71. The van der Waals surface area contributed by atoms with Crippen LogP contribution in [0.25, 0.3) is 11.4 Å². The fourth-order valence-corrected chi connectivity index (χ4v) is 3.50. The van der Waals surface area contributed by atoms with Crippen LogP contribution in [0, 0.1) is 6.92 Å². The average Bonchev–Trinajstić information content (AvgIpc) is 3.36. The first-order valence-corrected chi connectivity index (χ1v) is 8.82. The van der Waals surface area contributed by atoms with Gasteiger partial charge < -0.3 is 9.26 Å². The standard InChI is InChI=1S/C19H23N5O2/c1-13-16(10-23(2)21-13)12-24-8-7-15(11-24)19-20-18(22-26-19)14-5-4-6-17(9-14)25-3/h4-6,9-10,15H,7-8,11-12H2,1-3H3/t15-/m1/s1. The van der Waals surface area contributed by atoms with Crippen LogP contribution in [0.2, 0.25) is 0 Å². The van der Waals surface area contributed by atoms with Crippen LogP contribution >= 0.6 is 0 Å². The molecule has 3 aromatic rings. The van der Waals surface area contributed by atoms with Gasteiger partial charge in [-0.25, -0.2) is 0 Å². The number of aromatic nitrogens is 4. The van der Waals surface area contributed by atoms with Gasteiger partial charge in [-0.05, 0) is 32.0 Å². The third kappa shape index (κ3) is 3.35. The highest BCUT2D eigenvalue weighted by Crippen LogP contribution is 2.29. The molecule has 1 fully saturated rings. The lowest BCUT2D eigenvalue weighted by molar-refractivity contribution is 0.308. The summed E-state index contributed by atoms with van der Waals surface area (Å²) in [4.78, 5) is 7.05. The molecule has 26 heavy (non-hydrogen) atoms. The van der Waals surface area contributed by atoms with Crippen LogP contribution in [0.15, 0.2) is 35.0 Å². The van der Waals surface area contributed by atoms with Gasteiger partial charge in [0.15, 0.2) is 0 Å². The Bertz CT molecular complexity index is 901. The van der Waals surface area contributed by atoms with Crippen molar-refractivity contribution in [2.75, 3.05) is 20.2 Å². The summed E-state index contributed by atoms with van der Waals surface area (Å²) in [5.41, 5.74) is 3.27. The van der Waals surface area contributed by atoms with Crippen LogP contribution in [-0.2, 0) is 13.6 Å². The Morgan fingerprint density at radius 1 is 1.35 bits per heavy atom. The number of hydrogen-bond donors (Lipinski definition) is 0. The van der Waals surface area contributed by atoms with Gasteiger partial charge in [0, 0.05) is 37.5 Å². The monoisotopic (exact) mass is 353 g/mol. The van der Waals surface area contributed by atoms with E-state index in [2.05, 4.69) is 33.3 Å². The van der Waals surface area contributed by atoms with Gasteiger partial charge in [-0.3, -0.25) is 9.58 Å². The lowest BCUT2D eigenvalue weighted by atomic mass is 10.1. The van der Waals surface area contributed by atoms with E-state index in [0.29, 0.717) is 11.7 Å². The van der Waals surface area contributed by atoms with Gasteiger partial charge in [0.1, 0.15) is 5.75 Å². The Hall–Kier alpha value is -2.67. The van der Waals surface area contributed by atoms with Crippen molar-refractivity contribution in [2.45, 2.75) is 25.8 Å². The van der Waals surface area contributed by atoms with Gasteiger partial charge >= 0.3 is 0 Å². The number of benzene rings is 1. The molecule has 7 heteroatoms. The van der Waals surface area contributed by atoms with E-state index < -0.39 is 0 Å². The summed E-state index contributed by atoms with van der Waals surface area (Å²) in [6.45, 7) is 4.91. The summed E-state index contributed by atoms with van der Waals surface area (Å²) in [6.07, 6.45) is 3.12. The fraction of sp³-hybridized carbons (Fsp3) is 0.421. The zero-order valence-electron chi connectivity index (χ0n) is 15.3. The number of hydrogen-bond acceptors (Lipinski definition) is 6. The van der Waals surface area contributed by atoms with E-state index in [1.165, 1.54) is 5.56 Å². The van der Waals surface area contributed by atoms with Gasteiger partial charge in [-0.1, -0.05) is 17.3 Å². The maximum absolute atomic E-state index is 5.56. The molecule has 0 N–H and O–H groups in total. The van der Waals surface area contributed by atoms with Crippen molar-refractivity contribution in [3.05, 3.63) is 47.6 Å². The topological polar surface area (TPSA) is 69.2 Å². The molecule has 1 saturated heterocycles. The van der Waals surface area contributed by atoms with Gasteiger partial charge in [-0.15, -0.1) is 0 Å². The van der Waals surface area contributed by atoms with Crippen molar-refractivity contribution in [3.63, 3.8) is 0 Å². The van der Waals surface area contributed by atoms with Crippen molar-refractivity contribution in [1.29, 1.82) is 0 Å². The molecule has 0 spiro atoms. The lowest BCUT2D eigenvalue weighted by Gasteiger charge is -2.14. The minimum Gasteiger partial charge on any atom is -0.497 e.